The van der Waals surface area contributed by atoms with E-state index in [1.54, 1.807) is 6.92 Å². The van der Waals surface area contributed by atoms with Crippen LogP contribution in [0.25, 0.3) is 0 Å². The topological polar surface area (TPSA) is 49.8 Å². The van der Waals surface area contributed by atoms with Gasteiger partial charge in [0.15, 0.2) is 0 Å². The third-order valence-corrected chi connectivity index (χ3v) is 5.72. The lowest BCUT2D eigenvalue weighted by Gasteiger charge is -2.39. The van der Waals surface area contributed by atoms with Crippen molar-refractivity contribution in [1.29, 1.82) is 0 Å². The van der Waals surface area contributed by atoms with Gasteiger partial charge in [-0.2, -0.15) is 0 Å². The maximum absolute atomic E-state index is 12.5. The van der Waals surface area contributed by atoms with Crippen LogP contribution in [0.2, 0.25) is 0 Å². The van der Waals surface area contributed by atoms with Crippen molar-refractivity contribution in [1.82, 2.24) is 4.90 Å². The monoisotopic (exact) mass is 388 g/mol. The van der Waals surface area contributed by atoms with Crippen LogP contribution in [0.3, 0.4) is 0 Å². The molecule has 0 fully saturated rings. The molecular weight excluding hydrogens is 357 g/mol. The number of aliphatic hydroxyl groups excluding tert-OH is 1. The van der Waals surface area contributed by atoms with Crippen molar-refractivity contribution in [2.45, 2.75) is 52.7 Å². The van der Waals surface area contributed by atoms with E-state index in [0.717, 1.165) is 11.1 Å². The van der Waals surface area contributed by atoms with Crippen molar-refractivity contribution in [3.05, 3.63) is 71.8 Å². The molecule has 0 saturated heterocycles. The first-order chi connectivity index (χ1) is 12.8. The molecule has 0 spiro atoms. The molecule has 0 aliphatic rings. The van der Waals surface area contributed by atoms with Crippen molar-refractivity contribution >= 4 is 8.03 Å². The minimum atomic E-state index is -2.16. The second-order valence-electron chi connectivity index (χ2n) is 7.80. The van der Waals surface area contributed by atoms with E-state index in [0.29, 0.717) is 19.7 Å². The Morgan fingerprint density at radius 1 is 0.963 bits per heavy atom. The maximum Gasteiger partial charge on any atom is 0.542 e. The van der Waals surface area contributed by atoms with Crippen LogP contribution in [0, 0.1) is 5.41 Å². The number of nitrogens with zero attached hydrogens (tertiary/aromatic N) is 1. The lowest BCUT2D eigenvalue weighted by atomic mass is 9.85. The summed E-state index contributed by atoms with van der Waals surface area (Å²) in [6, 6.07) is 20.0. The first-order valence-corrected chi connectivity index (χ1v) is 10.7. The van der Waals surface area contributed by atoms with Crippen LogP contribution in [0.5, 0.6) is 0 Å². The van der Waals surface area contributed by atoms with Gasteiger partial charge in [0.25, 0.3) is 0 Å². The molecule has 146 valence electrons. The molecule has 0 aliphatic carbocycles. The summed E-state index contributed by atoms with van der Waals surface area (Å²) in [5.74, 6) is -1.06. The van der Waals surface area contributed by atoms with Gasteiger partial charge >= 0.3 is 13.9 Å². The van der Waals surface area contributed by atoms with Gasteiger partial charge in [-0.3, -0.25) is 4.90 Å². The molecule has 2 aromatic carbocycles. The van der Waals surface area contributed by atoms with E-state index >= 15 is 0 Å². The average molecular weight is 388 g/mol. The summed E-state index contributed by atoms with van der Waals surface area (Å²) in [6.45, 7) is 9.63. The molecular formula is C22H31NO3P+. The van der Waals surface area contributed by atoms with Crippen molar-refractivity contribution in [3.63, 3.8) is 0 Å². The third-order valence-electron chi connectivity index (χ3n) is 4.49. The predicted molar refractivity (Wildman–Crippen MR) is 111 cm³/mol. The summed E-state index contributed by atoms with van der Waals surface area (Å²) in [6.07, 6.45) is 0. The molecule has 0 saturated carbocycles. The summed E-state index contributed by atoms with van der Waals surface area (Å²) < 4.78 is 17.8. The summed E-state index contributed by atoms with van der Waals surface area (Å²) in [5, 5.41) is 10.9. The van der Waals surface area contributed by atoms with Gasteiger partial charge in [-0.15, -0.1) is 4.52 Å². The van der Waals surface area contributed by atoms with Crippen LogP contribution >= 0.6 is 8.03 Å². The number of aliphatic hydroxyl groups is 1. The minimum Gasteiger partial charge on any atom is -0.347 e. The molecule has 1 N–H and O–H groups in total. The van der Waals surface area contributed by atoms with E-state index in [2.05, 4.69) is 49.9 Å². The zero-order chi connectivity index (χ0) is 19.9. The Labute approximate surface area is 164 Å². The fourth-order valence-corrected chi connectivity index (χ4v) is 4.66. The van der Waals surface area contributed by atoms with Crippen molar-refractivity contribution in [2.24, 2.45) is 5.41 Å². The van der Waals surface area contributed by atoms with Crippen LogP contribution < -0.4 is 0 Å². The van der Waals surface area contributed by atoms with Crippen molar-refractivity contribution in [2.75, 3.05) is 6.61 Å². The highest BCUT2D eigenvalue weighted by Crippen LogP contribution is 2.40. The largest absolute Gasteiger partial charge is 0.542 e. The van der Waals surface area contributed by atoms with Gasteiger partial charge in [-0.25, -0.2) is 0 Å². The summed E-state index contributed by atoms with van der Waals surface area (Å²) in [7, 11) is -2.16. The fourth-order valence-electron chi connectivity index (χ4n) is 3.39. The van der Waals surface area contributed by atoms with E-state index in [1.807, 2.05) is 36.4 Å². The highest BCUT2D eigenvalue weighted by atomic mass is 31.1. The predicted octanol–water partition coefficient (Wildman–Crippen LogP) is 5.20. The standard InChI is InChI=1S/C22H31NO3P/c1-5-26-27(25)21(24)20(22(2,3)4)23(16-18-12-8-6-9-13-18)17-19-14-10-7-11-15-19/h6-15,20-21,24H,5,16-17H2,1-4H3/q+1/t20-,21+/m1/s1. The Morgan fingerprint density at radius 3 is 1.78 bits per heavy atom. The molecule has 1 unspecified atom stereocenters. The van der Waals surface area contributed by atoms with Gasteiger partial charge in [0.1, 0.15) is 0 Å². The van der Waals surface area contributed by atoms with Gasteiger partial charge in [0.2, 0.25) is 0 Å². The van der Waals surface area contributed by atoms with Gasteiger partial charge in [0.05, 0.1) is 12.6 Å². The minimum absolute atomic E-state index is 0.287. The second-order valence-corrected chi connectivity index (χ2v) is 9.16. The third kappa shape index (κ3) is 6.51. The normalized spacial score (nSPS) is 14.8. The summed E-state index contributed by atoms with van der Waals surface area (Å²) >= 11 is 0. The molecule has 0 aliphatic heterocycles. The molecule has 0 bridgehead atoms. The van der Waals surface area contributed by atoms with Crippen molar-refractivity contribution in [3.8, 4) is 0 Å². The highest BCUT2D eigenvalue weighted by molar-refractivity contribution is 7.39. The van der Waals surface area contributed by atoms with E-state index in [-0.39, 0.29) is 11.5 Å². The quantitative estimate of drug-likeness (QED) is 0.600. The van der Waals surface area contributed by atoms with Crippen LogP contribution in [0.4, 0.5) is 0 Å². The second kappa shape index (κ2) is 10.1. The highest BCUT2D eigenvalue weighted by Gasteiger charge is 2.47. The molecule has 2 rings (SSSR count). The molecule has 4 nitrogen and oxygen atoms in total. The summed E-state index contributed by atoms with van der Waals surface area (Å²) in [4.78, 5) is 2.21. The van der Waals surface area contributed by atoms with Crippen LogP contribution in [-0.2, 0) is 22.2 Å². The van der Waals surface area contributed by atoms with E-state index in [9.17, 15) is 9.67 Å². The number of hydrogen-bond donors (Lipinski definition) is 1. The van der Waals surface area contributed by atoms with Gasteiger partial charge in [-0.05, 0) is 28.0 Å². The molecule has 3 atom stereocenters. The molecule has 27 heavy (non-hydrogen) atoms. The maximum atomic E-state index is 12.5. The van der Waals surface area contributed by atoms with E-state index < -0.39 is 13.9 Å². The van der Waals surface area contributed by atoms with Gasteiger partial charge < -0.3 is 5.11 Å². The van der Waals surface area contributed by atoms with Crippen LogP contribution in [-0.4, -0.2) is 28.5 Å². The number of benzene rings is 2. The first kappa shape index (κ1) is 21.7. The Balaban J connectivity index is 2.37. The molecule has 5 heteroatoms. The Kier molecular flexibility index (Phi) is 8.12. The zero-order valence-electron chi connectivity index (χ0n) is 16.7. The number of hydrogen-bond acceptors (Lipinski definition) is 4. The van der Waals surface area contributed by atoms with Gasteiger partial charge in [0, 0.05) is 13.1 Å². The lowest BCUT2D eigenvalue weighted by Crippen LogP contribution is -2.49. The lowest BCUT2D eigenvalue weighted by molar-refractivity contribution is 0.0124. The van der Waals surface area contributed by atoms with Gasteiger partial charge in [-0.1, -0.05) is 81.4 Å². The molecule has 0 radical (unpaired) electrons. The van der Waals surface area contributed by atoms with E-state index in [4.69, 9.17) is 4.52 Å². The molecule has 0 amide bonds. The van der Waals surface area contributed by atoms with Crippen molar-refractivity contribution < 1.29 is 14.2 Å². The molecule has 2 aromatic rings. The van der Waals surface area contributed by atoms with E-state index in [1.165, 1.54) is 0 Å². The summed E-state index contributed by atoms with van der Waals surface area (Å²) in [5.41, 5.74) is 2.02. The zero-order valence-corrected chi connectivity index (χ0v) is 17.6. The SMILES string of the molecule is CCO[P+](=O)[C@H](O)[C@@H](N(Cc1ccccc1)Cc1ccccc1)C(C)(C)C. The first-order valence-electron chi connectivity index (χ1n) is 9.42. The van der Waals surface area contributed by atoms with Crippen LogP contribution in [0.1, 0.15) is 38.8 Å². The average Bonchev–Trinajstić information content (AvgIpc) is 2.62. The molecule has 0 aromatic heterocycles. The fraction of sp³-hybridized carbons (Fsp3) is 0.455. The molecule has 0 heterocycles. The Bertz CT molecular complexity index is 659. The smallest absolute Gasteiger partial charge is 0.347 e. The number of rotatable bonds is 9. The Hall–Kier alpha value is -1.58. The van der Waals surface area contributed by atoms with Crippen LogP contribution in [0.15, 0.2) is 60.7 Å². The Morgan fingerprint density at radius 2 is 1.41 bits per heavy atom.